The number of para-hydroxylation sites is 1. The molecule has 0 spiro atoms. The highest BCUT2D eigenvalue weighted by Gasteiger charge is 2.33. The molecule has 8 heteroatoms. The largest absolute Gasteiger partial charge is 0.454 e. The van der Waals surface area contributed by atoms with E-state index in [0.29, 0.717) is 11.5 Å². The first-order valence-corrected chi connectivity index (χ1v) is 10.1. The average molecular weight is 406 g/mol. The fraction of sp³-hybridized carbons (Fsp3) is 0.409. The van der Waals surface area contributed by atoms with Gasteiger partial charge in [-0.05, 0) is 42.2 Å². The van der Waals surface area contributed by atoms with E-state index in [-0.39, 0.29) is 29.7 Å². The number of hydrogen-bond donors (Lipinski definition) is 2. The first-order chi connectivity index (χ1) is 14.2. The number of pyridine rings is 1. The Morgan fingerprint density at radius 3 is 2.50 bits per heavy atom. The Bertz CT molecular complexity index is 1100. The first kappa shape index (κ1) is 20.0. The molecule has 1 aromatic carbocycles. The van der Waals surface area contributed by atoms with Gasteiger partial charge in [0.05, 0.1) is 11.1 Å². The van der Waals surface area contributed by atoms with Crippen LogP contribution >= 0.6 is 0 Å². The van der Waals surface area contributed by atoms with E-state index in [1.165, 1.54) is 0 Å². The summed E-state index contributed by atoms with van der Waals surface area (Å²) in [5.41, 5.74) is 14.7. The molecule has 0 radical (unpaired) electrons. The summed E-state index contributed by atoms with van der Waals surface area (Å²) in [5, 5.41) is 0.797. The smallest absolute Gasteiger partial charge is 0.339 e. The molecule has 0 saturated carbocycles. The number of fused-ring (bicyclic) bond motifs is 2. The molecule has 0 bridgehead atoms. The maximum Gasteiger partial charge on any atom is 0.339 e. The minimum absolute atomic E-state index is 0.00620. The summed E-state index contributed by atoms with van der Waals surface area (Å²) in [6.45, 7) is 6.59. The molecule has 0 saturated heterocycles. The summed E-state index contributed by atoms with van der Waals surface area (Å²) < 4.78 is 5.59. The average Bonchev–Trinajstić information content (AvgIpc) is 2.68. The fourth-order valence-electron chi connectivity index (χ4n) is 4.08. The highest BCUT2D eigenvalue weighted by Crippen LogP contribution is 2.39. The lowest BCUT2D eigenvalue weighted by Crippen LogP contribution is -2.29. The van der Waals surface area contributed by atoms with Crippen molar-refractivity contribution in [1.82, 2.24) is 19.9 Å². The molecule has 0 amide bonds. The van der Waals surface area contributed by atoms with Gasteiger partial charge in [0.1, 0.15) is 0 Å². The zero-order chi connectivity index (χ0) is 21.5. The molecule has 0 fully saturated rings. The monoisotopic (exact) mass is 406 g/mol. The van der Waals surface area contributed by atoms with Crippen molar-refractivity contribution in [3.8, 4) is 0 Å². The molecule has 2 aromatic heterocycles. The predicted octanol–water partition coefficient (Wildman–Crippen LogP) is 3.09. The molecule has 156 valence electrons. The molecule has 0 aliphatic heterocycles. The summed E-state index contributed by atoms with van der Waals surface area (Å²) in [5.74, 6) is 0.245. The Labute approximate surface area is 175 Å². The molecule has 3 aromatic rings. The minimum atomic E-state index is -0.419. The summed E-state index contributed by atoms with van der Waals surface area (Å²) >= 11 is 0. The molecule has 2 heterocycles. The maximum absolute atomic E-state index is 13.2. The molecule has 0 unspecified atom stereocenters. The van der Waals surface area contributed by atoms with Crippen LogP contribution in [0.5, 0.6) is 0 Å². The van der Waals surface area contributed by atoms with E-state index in [0.717, 1.165) is 41.4 Å². The van der Waals surface area contributed by atoms with Crippen molar-refractivity contribution in [2.24, 2.45) is 11.3 Å². The van der Waals surface area contributed by atoms with E-state index < -0.39 is 5.97 Å². The van der Waals surface area contributed by atoms with Gasteiger partial charge in [0, 0.05) is 11.1 Å². The highest BCUT2D eigenvalue weighted by atomic mass is 16.5. The lowest BCUT2D eigenvalue weighted by Gasteiger charge is -2.35. The van der Waals surface area contributed by atoms with Crippen molar-refractivity contribution >= 4 is 28.8 Å². The number of carbonyl (C=O) groups is 1. The predicted molar refractivity (Wildman–Crippen MR) is 114 cm³/mol. The molecular formula is C22H26N6O2. The Morgan fingerprint density at radius 2 is 1.80 bits per heavy atom. The van der Waals surface area contributed by atoms with Crippen LogP contribution in [0, 0.1) is 11.3 Å². The van der Waals surface area contributed by atoms with Gasteiger partial charge in [-0.1, -0.05) is 39.0 Å². The quantitative estimate of drug-likeness (QED) is 0.635. The summed E-state index contributed by atoms with van der Waals surface area (Å²) in [6.07, 6.45) is 2.70. The number of carbonyl (C=O) groups excluding carboxylic acids is 1. The van der Waals surface area contributed by atoms with Gasteiger partial charge >= 0.3 is 5.97 Å². The topological polar surface area (TPSA) is 130 Å². The zero-order valence-electron chi connectivity index (χ0n) is 17.5. The van der Waals surface area contributed by atoms with Gasteiger partial charge < -0.3 is 16.2 Å². The minimum Gasteiger partial charge on any atom is -0.454 e. The molecular weight excluding hydrogens is 380 g/mol. The molecule has 8 nitrogen and oxygen atoms in total. The Hall–Kier alpha value is -3.29. The van der Waals surface area contributed by atoms with Gasteiger partial charge in [-0.2, -0.15) is 15.0 Å². The van der Waals surface area contributed by atoms with Gasteiger partial charge in [0.25, 0.3) is 0 Å². The van der Waals surface area contributed by atoms with Crippen LogP contribution in [0.1, 0.15) is 54.6 Å². The first-order valence-electron chi connectivity index (χ1n) is 10.1. The number of hydrogen-bond acceptors (Lipinski definition) is 8. The van der Waals surface area contributed by atoms with Crippen LogP contribution in [0.25, 0.3) is 10.9 Å². The Morgan fingerprint density at radius 1 is 1.10 bits per heavy atom. The normalized spacial score (nSPS) is 16.3. The van der Waals surface area contributed by atoms with Crippen LogP contribution < -0.4 is 11.5 Å². The lowest BCUT2D eigenvalue weighted by molar-refractivity contribution is 0.0461. The number of anilines is 2. The number of esters is 1. The molecule has 4 rings (SSSR count). The number of benzene rings is 1. The van der Waals surface area contributed by atoms with Crippen molar-refractivity contribution in [2.45, 2.75) is 46.6 Å². The second-order valence-corrected chi connectivity index (χ2v) is 8.78. The van der Waals surface area contributed by atoms with E-state index in [1.807, 2.05) is 24.3 Å². The highest BCUT2D eigenvalue weighted by molar-refractivity contribution is 6.05. The van der Waals surface area contributed by atoms with Crippen molar-refractivity contribution in [2.75, 3.05) is 11.5 Å². The molecule has 1 aliphatic rings. The van der Waals surface area contributed by atoms with E-state index >= 15 is 0 Å². The number of rotatable bonds is 3. The number of nitrogens with zero attached hydrogens (tertiary/aromatic N) is 4. The van der Waals surface area contributed by atoms with Crippen molar-refractivity contribution in [1.29, 1.82) is 0 Å². The molecule has 30 heavy (non-hydrogen) atoms. The van der Waals surface area contributed by atoms with Gasteiger partial charge in [-0.15, -0.1) is 0 Å². The third kappa shape index (κ3) is 3.90. The number of ether oxygens (including phenoxy) is 1. The second kappa shape index (κ2) is 7.51. The van der Waals surface area contributed by atoms with E-state index in [9.17, 15) is 4.79 Å². The van der Waals surface area contributed by atoms with Crippen LogP contribution in [0.3, 0.4) is 0 Å². The van der Waals surface area contributed by atoms with Crippen LogP contribution in [-0.2, 0) is 24.2 Å². The van der Waals surface area contributed by atoms with Gasteiger partial charge in [0.15, 0.2) is 12.4 Å². The standard InChI is InChI=1S/C22H26N6O2/c1-22(2,3)12-8-9-16-14(10-12)18(13-6-4-5-7-15(13)25-16)19(29)30-11-17-26-20(23)28-21(24)27-17/h4-7,12H,8-11H2,1-3H3,(H4,23,24,26,27,28)/t12-/m1/s1. The number of nitrogen functional groups attached to an aromatic ring is 2. The van der Waals surface area contributed by atoms with Gasteiger partial charge in [0.2, 0.25) is 11.9 Å². The third-order valence-electron chi connectivity index (χ3n) is 5.74. The van der Waals surface area contributed by atoms with Crippen LogP contribution in [0.4, 0.5) is 11.9 Å². The van der Waals surface area contributed by atoms with Crippen molar-refractivity contribution in [3.05, 3.63) is 46.9 Å². The number of nitrogens with two attached hydrogens (primary N) is 2. The molecule has 1 aliphatic carbocycles. The fourth-order valence-corrected chi connectivity index (χ4v) is 4.08. The van der Waals surface area contributed by atoms with Gasteiger partial charge in [-0.3, -0.25) is 4.98 Å². The van der Waals surface area contributed by atoms with E-state index in [1.54, 1.807) is 0 Å². The van der Waals surface area contributed by atoms with Crippen LogP contribution in [-0.4, -0.2) is 25.9 Å². The van der Waals surface area contributed by atoms with Crippen molar-refractivity contribution < 1.29 is 9.53 Å². The number of aromatic nitrogens is 4. The van der Waals surface area contributed by atoms with Crippen LogP contribution in [0.2, 0.25) is 0 Å². The SMILES string of the molecule is CC(C)(C)[C@@H]1CCc2nc3ccccc3c(C(=O)OCc3nc(N)nc(N)n3)c2C1. The lowest BCUT2D eigenvalue weighted by atomic mass is 9.70. The third-order valence-corrected chi connectivity index (χ3v) is 5.74. The number of aryl methyl sites for hydroxylation is 1. The van der Waals surface area contributed by atoms with Crippen molar-refractivity contribution in [3.63, 3.8) is 0 Å². The Kier molecular flexibility index (Phi) is 5.01. The van der Waals surface area contributed by atoms with Gasteiger partial charge in [-0.25, -0.2) is 4.79 Å². The summed E-state index contributed by atoms with van der Waals surface area (Å²) in [6, 6.07) is 7.67. The second-order valence-electron chi connectivity index (χ2n) is 8.78. The van der Waals surface area contributed by atoms with E-state index in [4.69, 9.17) is 21.2 Å². The molecule has 1 atom stereocenters. The Balaban J connectivity index is 1.72. The van der Waals surface area contributed by atoms with Crippen LogP contribution in [0.15, 0.2) is 24.3 Å². The van der Waals surface area contributed by atoms with E-state index in [2.05, 4.69) is 35.7 Å². The summed E-state index contributed by atoms with van der Waals surface area (Å²) in [4.78, 5) is 29.8. The molecule has 4 N–H and O–H groups in total. The maximum atomic E-state index is 13.2. The zero-order valence-corrected chi connectivity index (χ0v) is 17.5. The summed E-state index contributed by atoms with van der Waals surface area (Å²) in [7, 11) is 0.